The van der Waals surface area contributed by atoms with Crippen LogP contribution in [0.5, 0.6) is 5.75 Å². The molecule has 0 heterocycles. The average molecular weight is 342 g/mol. The standard InChI is InChI=1S/C16H24BrNO2/c1-3-4-5-6-7-10-18-16(19)12-20-14-8-9-15(17)13(2)11-14/h8-9,11H,3-7,10,12H2,1-2H3,(H,18,19). The van der Waals surface area contributed by atoms with Gasteiger partial charge in [0, 0.05) is 11.0 Å². The van der Waals surface area contributed by atoms with Gasteiger partial charge in [-0.25, -0.2) is 0 Å². The van der Waals surface area contributed by atoms with E-state index in [0.29, 0.717) is 0 Å². The first-order chi connectivity index (χ1) is 9.63. The second-order valence-corrected chi connectivity index (χ2v) is 5.82. The highest BCUT2D eigenvalue weighted by Gasteiger charge is 2.03. The molecule has 0 aliphatic heterocycles. The minimum absolute atomic E-state index is 0.0546. The molecule has 0 aliphatic rings. The maximum atomic E-state index is 11.6. The van der Waals surface area contributed by atoms with Crippen molar-refractivity contribution in [3.05, 3.63) is 28.2 Å². The molecule has 1 N–H and O–H groups in total. The molecule has 1 rings (SSSR count). The van der Waals surface area contributed by atoms with Gasteiger partial charge >= 0.3 is 0 Å². The van der Waals surface area contributed by atoms with E-state index in [1.54, 1.807) is 0 Å². The fraction of sp³-hybridized carbons (Fsp3) is 0.562. The van der Waals surface area contributed by atoms with Crippen LogP contribution in [0.4, 0.5) is 0 Å². The van der Waals surface area contributed by atoms with Gasteiger partial charge in [-0.05, 0) is 37.1 Å². The van der Waals surface area contributed by atoms with Gasteiger partial charge in [-0.1, -0.05) is 48.5 Å². The van der Waals surface area contributed by atoms with Gasteiger partial charge < -0.3 is 10.1 Å². The number of benzene rings is 1. The molecule has 0 unspecified atom stereocenters. The Hall–Kier alpha value is -1.03. The minimum Gasteiger partial charge on any atom is -0.484 e. The molecule has 0 atom stereocenters. The molecule has 4 heteroatoms. The van der Waals surface area contributed by atoms with E-state index in [1.165, 1.54) is 25.7 Å². The maximum absolute atomic E-state index is 11.6. The summed E-state index contributed by atoms with van der Waals surface area (Å²) in [6.07, 6.45) is 6.00. The van der Waals surface area contributed by atoms with E-state index in [-0.39, 0.29) is 12.5 Å². The van der Waals surface area contributed by atoms with Crippen LogP contribution in [0.2, 0.25) is 0 Å². The first kappa shape index (κ1) is 17.0. The molecule has 0 saturated carbocycles. The molecule has 1 amide bonds. The van der Waals surface area contributed by atoms with Crippen molar-refractivity contribution < 1.29 is 9.53 Å². The molecule has 0 aromatic heterocycles. The molecule has 20 heavy (non-hydrogen) atoms. The Morgan fingerprint density at radius 2 is 2.00 bits per heavy atom. The summed E-state index contributed by atoms with van der Waals surface area (Å²) in [6, 6.07) is 5.70. The van der Waals surface area contributed by atoms with Gasteiger partial charge in [0.1, 0.15) is 5.75 Å². The van der Waals surface area contributed by atoms with Crippen LogP contribution in [0, 0.1) is 6.92 Å². The number of ether oxygens (including phenoxy) is 1. The van der Waals surface area contributed by atoms with Crippen LogP contribution in [-0.4, -0.2) is 19.1 Å². The van der Waals surface area contributed by atoms with E-state index in [9.17, 15) is 4.79 Å². The van der Waals surface area contributed by atoms with Crippen molar-refractivity contribution in [3.63, 3.8) is 0 Å². The van der Waals surface area contributed by atoms with Crippen molar-refractivity contribution in [2.75, 3.05) is 13.2 Å². The molecule has 3 nitrogen and oxygen atoms in total. The smallest absolute Gasteiger partial charge is 0.257 e. The average Bonchev–Trinajstić information content (AvgIpc) is 2.44. The molecule has 0 aliphatic carbocycles. The van der Waals surface area contributed by atoms with Crippen molar-refractivity contribution in [1.82, 2.24) is 5.32 Å². The van der Waals surface area contributed by atoms with Crippen LogP contribution in [0.3, 0.4) is 0 Å². The van der Waals surface area contributed by atoms with E-state index in [4.69, 9.17) is 4.74 Å². The molecule has 1 aromatic rings. The Bertz CT molecular complexity index is 421. The number of carbonyl (C=O) groups excluding carboxylic acids is 1. The number of nitrogens with one attached hydrogen (secondary N) is 1. The predicted molar refractivity (Wildman–Crippen MR) is 86.1 cm³/mol. The lowest BCUT2D eigenvalue weighted by Gasteiger charge is -2.08. The van der Waals surface area contributed by atoms with Gasteiger partial charge in [-0.2, -0.15) is 0 Å². The van der Waals surface area contributed by atoms with E-state index >= 15 is 0 Å². The van der Waals surface area contributed by atoms with Crippen LogP contribution in [0.25, 0.3) is 0 Å². The number of aryl methyl sites for hydroxylation is 1. The highest BCUT2D eigenvalue weighted by Crippen LogP contribution is 2.21. The molecule has 0 saturated heterocycles. The zero-order chi connectivity index (χ0) is 14.8. The molecular weight excluding hydrogens is 318 g/mol. The van der Waals surface area contributed by atoms with Gasteiger partial charge in [0.15, 0.2) is 6.61 Å². The second-order valence-electron chi connectivity index (χ2n) is 4.96. The molecule has 0 spiro atoms. The quantitative estimate of drug-likeness (QED) is 0.682. The Labute approximate surface area is 130 Å². The third-order valence-corrected chi connectivity index (χ3v) is 3.99. The second kappa shape index (κ2) is 9.81. The minimum atomic E-state index is -0.0546. The number of hydrogen-bond acceptors (Lipinski definition) is 2. The van der Waals surface area contributed by atoms with Gasteiger partial charge in [0.25, 0.3) is 5.91 Å². The van der Waals surface area contributed by atoms with Crippen molar-refractivity contribution in [2.24, 2.45) is 0 Å². The maximum Gasteiger partial charge on any atom is 0.257 e. The lowest BCUT2D eigenvalue weighted by molar-refractivity contribution is -0.123. The van der Waals surface area contributed by atoms with Crippen molar-refractivity contribution in [1.29, 1.82) is 0 Å². The van der Waals surface area contributed by atoms with Gasteiger partial charge in [-0.15, -0.1) is 0 Å². The molecule has 1 aromatic carbocycles. The van der Waals surface area contributed by atoms with Crippen LogP contribution in [0.15, 0.2) is 22.7 Å². The lowest BCUT2D eigenvalue weighted by Crippen LogP contribution is -2.29. The van der Waals surface area contributed by atoms with E-state index in [0.717, 1.165) is 28.8 Å². The number of amides is 1. The summed E-state index contributed by atoms with van der Waals surface area (Å²) >= 11 is 3.43. The van der Waals surface area contributed by atoms with Gasteiger partial charge in [-0.3, -0.25) is 4.79 Å². The molecule has 0 fully saturated rings. The normalized spacial score (nSPS) is 10.3. The number of unbranched alkanes of at least 4 members (excludes halogenated alkanes) is 4. The van der Waals surface area contributed by atoms with Crippen LogP contribution in [0.1, 0.15) is 44.6 Å². The predicted octanol–water partition coefficient (Wildman–Crippen LogP) is 4.22. The lowest BCUT2D eigenvalue weighted by atomic mass is 10.1. The van der Waals surface area contributed by atoms with Crippen LogP contribution < -0.4 is 10.1 Å². The van der Waals surface area contributed by atoms with Gasteiger partial charge in [0.2, 0.25) is 0 Å². The first-order valence-electron chi connectivity index (χ1n) is 7.29. The number of halogens is 1. The molecule has 0 radical (unpaired) electrons. The molecular formula is C16H24BrNO2. The zero-order valence-corrected chi connectivity index (χ0v) is 14.0. The van der Waals surface area contributed by atoms with Crippen LogP contribution in [-0.2, 0) is 4.79 Å². The zero-order valence-electron chi connectivity index (χ0n) is 12.4. The largest absolute Gasteiger partial charge is 0.484 e. The Morgan fingerprint density at radius 1 is 1.25 bits per heavy atom. The fourth-order valence-corrected chi connectivity index (χ4v) is 2.11. The Kier molecular flexibility index (Phi) is 8.35. The summed E-state index contributed by atoms with van der Waals surface area (Å²) in [4.78, 5) is 11.6. The Morgan fingerprint density at radius 3 is 2.70 bits per heavy atom. The monoisotopic (exact) mass is 341 g/mol. The molecule has 112 valence electrons. The number of carbonyl (C=O) groups is 1. The topological polar surface area (TPSA) is 38.3 Å². The van der Waals surface area contributed by atoms with Crippen LogP contribution >= 0.6 is 15.9 Å². The van der Waals surface area contributed by atoms with Crippen molar-refractivity contribution in [2.45, 2.75) is 46.0 Å². The summed E-state index contributed by atoms with van der Waals surface area (Å²) in [6.45, 7) is 5.01. The van der Waals surface area contributed by atoms with E-state index in [1.807, 2.05) is 25.1 Å². The molecule has 0 bridgehead atoms. The van der Waals surface area contributed by atoms with E-state index < -0.39 is 0 Å². The first-order valence-corrected chi connectivity index (χ1v) is 8.08. The SMILES string of the molecule is CCCCCCCNC(=O)COc1ccc(Br)c(C)c1. The summed E-state index contributed by atoms with van der Waals surface area (Å²) < 4.78 is 6.51. The highest BCUT2D eigenvalue weighted by molar-refractivity contribution is 9.10. The number of hydrogen-bond donors (Lipinski definition) is 1. The van der Waals surface area contributed by atoms with E-state index in [2.05, 4.69) is 28.2 Å². The third kappa shape index (κ3) is 6.94. The fourth-order valence-electron chi connectivity index (χ4n) is 1.86. The number of rotatable bonds is 9. The van der Waals surface area contributed by atoms with Gasteiger partial charge in [0.05, 0.1) is 0 Å². The summed E-state index contributed by atoms with van der Waals surface area (Å²) in [7, 11) is 0. The summed E-state index contributed by atoms with van der Waals surface area (Å²) in [5, 5.41) is 2.88. The summed E-state index contributed by atoms with van der Waals surface area (Å²) in [5.41, 5.74) is 1.10. The van der Waals surface area contributed by atoms with Crippen molar-refractivity contribution >= 4 is 21.8 Å². The third-order valence-electron chi connectivity index (χ3n) is 3.10. The Balaban J connectivity index is 2.15. The van der Waals surface area contributed by atoms with Crippen molar-refractivity contribution in [3.8, 4) is 5.75 Å². The summed E-state index contributed by atoms with van der Waals surface area (Å²) in [5.74, 6) is 0.671. The highest BCUT2D eigenvalue weighted by atomic mass is 79.9.